The summed E-state index contributed by atoms with van der Waals surface area (Å²) in [5.41, 5.74) is 5.33. The van der Waals surface area contributed by atoms with E-state index in [0.29, 0.717) is 6.42 Å². The minimum absolute atomic E-state index is 0.0457. The van der Waals surface area contributed by atoms with Crippen LogP contribution in [0.1, 0.15) is 155 Å². The van der Waals surface area contributed by atoms with Crippen molar-refractivity contribution in [2.24, 2.45) is 5.73 Å². The predicted molar refractivity (Wildman–Crippen MR) is 201 cm³/mol. The third-order valence-electron chi connectivity index (χ3n) is 7.73. The van der Waals surface area contributed by atoms with E-state index in [0.717, 1.165) is 57.8 Å². The van der Waals surface area contributed by atoms with Crippen LogP contribution in [0.3, 0.4) is 0 Å². The Hall–Kier alpha value is -2.03. The zero-order chi connectivity index (χ0) is 36.1. The molecule has 0 fully saturated rings. The minimum atomic E-state index is -4.38. The van der Waals surface area contributed by atoms with Gasteiger partial charge in [-0.1, -0.05) is 140 Å². The van der Waals surface area contributed by atoms with Gasteiger partial charge in [0.15, 0.2) is 6.10 Å². The Morgan fingerprint density at radius 3 is 1.67 bits per heavy atom. The molecule has 284 valence electrons. The highest BCUT2D eigenvalue weighted by molar-refractivity contribution is 7.47. The van der Waals surface area contributed by atoms with Crippen molar-refractivity contribution in [3.8, 4) is 0 Å². The first-order chi connectivity index (χ1) is 23.8. The summed E-state index contributed by atoms with van der Waals surface area (Å²) in [4.78, 5) is 34.7. The number of ether oxygens (including phenoxy) is 2. The molecule has 49 heavy (non-hydrogen) atoms. The molecule has 2 atom stereocenters. The summed E-state index contributed by atoms with van der Waals surface area (Å²) < 4.78 is 32.6. The molecule has 0 aromatic heterocycles. The summed E-state index contributed by atoms with van der Waals surface area (Å²) in [7, 11) is -4.38. The van der Waals surface area contributed by atoms with Gasteiger partial charge in [0, 0.05) is 19.4 Å². The molecule has 3 N–H and O–H groups in total. The lowest BCUT2D eigenvalue weighted by atomic mass is 10.0. The molecule has 0 rings (SSSR count). The van der Waals surface area contributed by atoms with E-state index < -0.39 is 32.5 Å². The zero-order valence-electron chi connectivity index (χ0n) is 30.9. The predicted octanol–water partition coefficient (Wildman–Crippen LogP) is 10.4. The first kappa shape index (κ1) is 47.0. The average Bonchev–Trinajstić information content (AvgIpc) is 3.08. The van der Waals surface area contributed by atoms with Gasteiger partial charge in [-0.15, -0.1) is 0 Å². The van der Waals surface area contributed by atoms with Crippen LogP contribution in [0.25, 0.3) is 0 Å². The van der Waals surface area contributed by atoms with Crippen molar-refractivity contribution < 1.29 is 37.6 Å². The first-order valence-electron chi connectivity index (χ1n) is 19.1. The molecule has 0 saturated carbocycles. The van der Waals surface area contributed by atoms with Crippen molar-refractivity contribution in [2.45, 2.75) is 161 Å². The van der Waals surface area contributed by atoms with Crippen molar-refractivity contribution in [3.05, 3.63) is 48.6 Å². The molecule has 0 spiro atoms. The molecule has 0 radical (unpaired) electrons. The fraction of sp³-hybridized carbons (Fsp3) is 0.744. The Morgan fingerprint density at radius 1 is 0.633 bits per heavy atom. The second-order valence-electron chi connectivity index (χ2n) is 12.4. The van der Waals surface area contributed by atoms with Gasteiger partial charge in [-0.2, -0.15) is 0 Å². The van der Waals surface area contributed by atoms with E-state index >= 15 is 0 Å². The number of unbranched alkanes of at least 4 members (excludes halogenated alkanes) is 14. The van der Waals surface area contributed by atoms with Gasteiger partial charge in [0.1, 0.15) is 6.61 Å². The fourth-order valence-electron chi connectivity index (χ4n) is 4.92. The number of hydrogen-bond donors (Lipinski definition) is 2. The van der Waals surface area contributed by atoms with Gasteiger partial charge < -0.3 is 20.1 Å². The van der Waals surface area contributed by atoms with Crippen LogP contribution < -0.4 is 5.73 Å². The third kappa shape index (κ3) is 35.6. The number of phosphoric acid groups is 1. The van der Waals surface area contributed by atoms with Crippen molar-refractivity contribution in [1.29, 1.82) is 0 Å². The van der Waals surface area contributed by atoms with E-state index in [-0.39, 0.29) is 32.6 Å². The summed E-state index contributed by atoms with van der Waals surface area (Å²) >= 11 is 0. The van der Waals surface area contributed by atoms with E-state index in [4.69, 9.17) is 24.3 Å². The number of nitrogens with two attached hydrogens (primary N) is 1. The normalized spacial score (nSPS) is 14.0. The molecule has 0 aliphatic carbocycles. The monoisotopic (exact) mass is 711 g/mol. The molecule has 0 heterocycles. The van der Waals surface area contributed by atoms with Crippen molar-refractivity contribution in [3.63, 3.8) is 0 Å². The van der Waals surface area contributed by atoms with Crippen LogP contribution in [0.5, 0.6) is 0 Å². The summed E-state index contributed by atoms with van der Waals surface area (Å²) in [6.07, 6.45) is 38.6. The smallest absolute Gasteiger partial charge is 0.462 e. The molecule has 0 bridgehead atoms. The average molecular weight is 712 g/mol. The molecule has 0 aromatic carbocycles. The first-order valence-corrected chi connectivity index (χ1v) is 20.6. The van der Waals surface area contributed by atoms with Gasteiger partial charge in [-0.05, 0) is 51.4 Å². The van der Waals surface area contributed by atoms with Gasteiger partial charge in [0.05, 0.1) is 13.2 Å². The van der Waals surface area contributed by atoms with E-state index in [2.05, 4.69) is 62.5 Å². The summed E-state index contributed by atoms with van der Waals surface area (Å²) in [6.45, 7) is 3.55. The molecule has 10 heteroatoms. The zero-order valence-corrected chi connectivity index (χ0v) is 31.8. The lowest BCUT2D eigenvalue weighted by molar-refractivity contribution is -0.161. The Kier molecular flexibility index (Phi) is 34.3. The standard InChI is InChI=1S/C39H70NO8P/c1-3-5-7-9-11-13-15-17-18-20-22-24-26-28-30-32-39(42)48-37(36-47-49(43,44)46-34-33-40)35-45-38(41)31-29-27-25-23-21-19-16-14-12-10-8-6-4-2/h5,7,11,13,17-18,22,24,37H,3-4,6,8-10,12,14-16,19-21,23,25-36,40H2,1-2H3,(H,43,44)/b7-5-,13-11-,18-17-,24-22-. The number of esters is 2. The lowest BCUT2D eigenvalue weighted by Crippen LogP contribution is -2.29. The highest BCUT2D eigenvalue weighted by Crippen LogP contribution is 2.43. The Balaban J connectivity index is 4.30. The molecular weight excluding hydrogens is 641 g/mol. The molecular formula is C39H70NO8P. The Bertz CT molecular complexity index is 949. The van der Waals surface area contributed by atoms with Crippen molar-refractivity contribution in [1.82, 2.24) is 0 Å². The molecule has 2 unspecified atom stereocenters. The van der Waals surface area contributed by atoms with E-state index in [1.165, 1.54) is 64.2 Å². The van der Waals surface area contributed by atoms with Gasteiger partial charge >= 0.3 is 19.8 Å². The molecule has 0 amide bonds. The van der Waals surface area contributed by atoms with E-state index in [1.807, 2.05) is 0 Å². The van der Waals surface area contributed by atoms with Crippen LogP contribution in [0.4, 0.5) is 0 Å². The van der Waals surface area contributed by atoms with Crippen molar-refractivity contribution >= 4 is 19.8 Å². The summed E-state index contributed by atoms with van der Waals surface area (Å²) in [5.74, 6) is -0.879. The number of carbonyl (C=O) groups is 2. The van der Waals surface area contributed by atoms with Crippen LogP contribution in [0.15, 0.2) is 48.6 Å². The number of carbonyl (C=O) groups excluding carboxylic acids is 2. The molecule has 0 aromatic rings. The second kappa shape index (κ2) is 35.8. The van der Waals surface area contributed by atoms with Crippen LogP contribution in [0, 0.1) is 0 Å². The summed E-state index contributed by atoms with van der Waals surface area (Å²) in [5, 5.41) is 0. The fourth-order valence-corrected chi connectivity index (χ4v) is 5.68. The number of hydrogen-bond acceptors (Lipinski definition) is 8. The quantitative estimate of drug-likeness (QED) is 0.0285. The second-order valence-corrected chi connectivity index (χ2v) is 13.9. The Labute approximate surface area is 298 Å². The maximum Gasteiger partial charge on any atom is 0.472 e. The van der Waals surface area contributed by atoms with Crippen LogP contribution in [-0.2, 0) is 32.7 Å². The number of phosphoric ester groups is 1. The highest BCUT2D eigenvalue weighted by atomic mass is 31.2. The molecule has 0 aliphatic rings. The lowest BCUT2D eigenvalue weighted by Gasteiger charge is -2.19. The number of allylic oxidation sites excluding steroid dienone is 8. The summed E-state index contributed by atoms with van der Waals surface area (Å²) in [6, 6.07) is 0. The maximum absolute atomic E-state index is 12.5. The molecule has 0 aliphatic heterocycles. The highest BCUT2D eigenvalue weighted by Gasteiger charge is 2.25. The van der Waals surface area contributed by atoms with Crippen LogP contribution in [-0.4, -0.2) is 49.3 Å². The SMILES string of the molecule is CC/C=C\C/C=C\C/C=C\C/C=C\CCCCC(=O)OC(COC(=O)CCCCCCCCCCCCCCC)COP(=O)(O)OCCN. The topological polar surface area (TPSA) is 134 Å². The van der Waals surface area contributed by atoms with Gasteiger partial charge in [0.25, 0.3) is 0 Å². The van der Waals surface area contributed by atoms with Crippen molar-refractivity contribution in [2.75, 3.05) is 26.4 Å². The van der Waals surface area contributed by atoms with E-state index in [9.17, 15) is 19.0 Å². The van der Waals surface area contributed by atoms with Gasteiger partial charge in [-0.25, -0.2) is 4.57 Å². The van der Waals surface area contributed by atoms with Crippen LogP contribution in [0.2, 0.25) is 0 Å². The third-order valence-corrected chi connectivity index (χ3v) is 8.71. The minimum Gasteiger partial charge on any atom is -0.462 e. The largest absolute Gasteiger partial charge is 0.472 e. The van der Waals surface area contributed by atoms with E-state index in [1.54, 1.807) is 0 Å². The number of rotatable bonds is 35. The maximum atomic E-state index is 12.5. The van der Waals surface area contributed by atoms with Gasteiger partial charge in [0.2, 0.25) is 0 Å². The Morgan fingerprint density at radius 2 is 1.12 bits per heavy atom. The van der Waals surface area contributed by atoms with Gasteiger partial charge in [-0.3, -0.25) is 18.6 Å². The molecule has 9 nitrogen and oxygen atoms in total. The van der Waals surface area contributed by atoms with Crippen LogP contribution >= 0.6 is 7.82 Å². The molecule has 0 saturated heterocycles.